The molecule has 0 unspecified atom stereocenters. The molecule has 0 atom stereocenters. The van der Waals surface area contributed by atoms with Crippen LogP contribution >= 0.6 is 11.6 Å². The van der Waals surface area contributed by atoms with Gasteiger partial charge in [-0.1, -0.05) is 29.8 Å². The number of hydrogen-bond acceptors (Lipinski definition) is 3. The first-order valence-electron chi connectivity index (χ1n) is 5.23. The summed E-state index contributed by atoms with van der Waals surface area (Å²) in [6.07, 6.45) is 0. The topological polar surface area (TPSA) is 38.9 Å². The van der Waals surface area contributed by atoms with E-state index in [2.05, 4.69) is 9.97 Å². The number of halogens is 1. The minimum absolute atomic E-state index is 0.438. The highest BCUT2D eigenvalue weighted by Crippen LogP contribution is 2.26. The van der Waals surface area contributed by atoms with E-state index in [1.807, 2.05) is 37.3 Å². The first kappa shape index (κ1) is 10.3. The predicted molar refractivity (Wildman–Crippen MR) is 67.0 cm³/mol. The van der Waals surface area contributed by atoms with E-state index in [1.165, 1.54) is 0 Å². The lowest BCUT2D eigenvalue weighted by molar-refractivity contribution is 0.616. The average Bonchev–Trinajstić information content (AvgIpc) is 2.75. The van der Waals surface area contributed by atoms with Crippen LogP contribution in [0.15, 0.2) is 40.8 Å². The van der Waals surface area contributed by atoms with E-state index in [0.717, 1.165) is 16.7 Å². The first-order chi connectivity index (χ1) is 8.24. The maximum Gasteiger partial charge on any atom is 0.246 e. The Morgan fingerprint density at radius 3 is 2.71 bits per heavy atom. The van der Waals surface area contributed by atoms with Crippen LogP contribution in [0.1, 0.15) is 5.56 Å². The van der Waals surface area contributed by atoms with Crippen molar-refractivity contribution >= 4 is 22.7 Å². The number of benzene rings is 1. The van der Waals surface area contributed by atoms with Crippen molar-refractivity contribution in [2.75, 3.05) is 0 Å². The van der Waals surface area contributed by atoms with Crippen LogP contribution < -0.4 is 0 Å². The van der Waals surface area contributed by atoms with Gasteiger partial charge in [0.2, 0.25) is 5.89 Å². The van der Waals surface area contributed by atoms with Crippen molar-refractivity contribution < 1.29 is 4.42 Å². The maximum absolute atomic E-state index is 5.88. The fourth-order valence-corrected chi connectivity index (χ4v) is 1.84. The molecular formula is C13H9ClN2O. The minimum Gasteiger partial charge on any atom is -0.435 e. The number of rotatable bonds is 1. The predicted octanol–water partition coefficient (Wildman–Crippen LogP) is 3.85. The summed E-state index contributed by atoms with van der Waals surface area (Å²) in [5, 5.41) is 0.438. The van der Waals surface area contributed by atoms with Gasteiger partial charge in [0.15, 0.2) is 5.58 Å². The second-order valence-corrected chi connectivity index (χ2v) is 4.17. The van der Waals surface area contributed by atoms with Gasteiger partial charge in [-0.25, -0.2) is 9.97 Å². The number of aromatic nitrogens is 2. The molecule has 0 aliphatic rings. The van der Waals surface area contributed by atoms with E-state index in [4.69, 9.17) is 16.0 Å². The zero-order chi connectivity index (χ0) is 11.8. The minimum atomic E-state index is 0.438. The molecule has 17 heavy (non-hydrogen) atoms. The van der Waals surface area contributed by atoms with Gasteiger partial charge in [-0.3, -0.25) is 0 Å². The highest BCUT2D eigenvalue weighted by molar-refractivity contribution is 6.29. The highest BCUT2D eigenvalue weighted by Gasteiger charge is 2.12. The Morgan fingerprint density at radius 2 is 1.88 bits per heavy atom. The van der Waals surface area contributed by atoms with Crippen LogP contribution in [0.5, 0.6) is 0 Å². The van der Waals surface area contributed by atoms with Crippen molar-refractivity contribution in [2.24, 2.45) is 0 Å². The normalized spacial score (nSPS) is 10.9. The molecule has 0 spiro atoms. The summed E-state index contributed by atoms with van der Waals surface area (Å²) in [6.45, 7) is 1.95. The van der Waals surface area contributed by atoms with Crippen molar-refractivity contribution in [1.82, 2.24) is 9.97 Å². The van der Waals surface area contributed by atoms with Crippen molar-refractivity contribution in [3.63, 3.8) is 0 Å². The SMILES string of the molecule is Cc1ccc(Cl)nc1-c1nc2ccccc2o1. The van der Waals surface area contributed by atoms with Gasteiger partial charge in [0.1, 0.15) is 16.4 Å². The lowest BCUT2D eigenvalue weighted by atomic mass is 10.2. The van der Waals surface area contributed by atoms with Crippen LogP contribution in [-0.2, 0) is 0 Å². The molecule has 0 saturated heterocycles. The fraction of sp³-hybridized carbons (Fsp3) is 0.0769. The van der Waals surface area contributed by atoms with Gasteiger partial charge >= 0.3 is 0 Å². The van der Waals surface area contributed by atoms with E-state index < -0.39 is 0 Å². The molecule has 2 aromatic heterocycles. The molecular weight excluding hydrogens is 236 g/mol. The first-order valence-corrected chi connectivity index (χ1v) is 5.61. The third-order valence-corrected chi connectivity index (χ3v) is 2.77. The van der Waals surface area contributed by atoms with Gasteiger partial charge in [0.25, 0.3) is 0 Å². The number of pyridine rings is 1. The third kappa shape index (κ3) is 1.78. The molecule has 1 aromatic carbocycles. The molecule has 0 bridgehead atoms. The Hall–Kier alpha value is -1.87. The Balaban J connectivity index is 2.23. The molecule has 2 heterocycles. The van der Waals surface area contributed by atoms with Gasteiger partial charge in [-0.2, -0.15) is 0 Å². The molecule has 84 valence electrons. The lowest BCUT2D eigenvalue weighted by Gasteiger charge is -1.99. The standard InChI is InChI=1S/C13H9ClN2O/c1-8-6-7-11(14)16-12(8)13-15-9-4-2-3-5-10(9)17-13/h2-7H,1H3. The Kier molecular flexibility index (Phi) is 2.34. The summed E-state index contributed by atoms with van der Waals surface area (Å²) in [5.41, 5.74) is 3.25. The van der Waals surface area contributed by atoms with Crippen molar-refractivity contribution in [1.29, 1.82) is 0 Å². The quantitative estimate of drug-likeness (QED) is 0.611. The van der Waals surface area contributed by atoms with Crippen LogP contribution in [0, 0.1) is 6.92 Å². The number of para-hydroxylation sites is 2. The largest absolute Gasteiger partial charge is 0.435 e. The van der Waals surface area contributed by atoms with Crippen molar-refractivity contribution in [3.05, 3.63) is 47.1 Å². The molecule has 4 heteroatoms. The van der Waals surface area contributed by atoms with Gasteiger partial charge in [0, 0.05) is 0 Å². The lowest BCUT2D eigenvalue weighted by Crippen LogP contribution is -1.88. The summed E-state index contributed by atoms with van der Waals surface area (Å²) in [4.78, 5) is 8.64. The molecule has 0 aliphatic carbocycles. The van der Waals surface area contributed by atoms with Crippen LogP contribution in [0.3, 0.4) is 0 Å². The zero-order valence-electron chi connectivity index (χ0n) is 9.14. The van der Waals surface area contributed by atoms with Crippen LogP contribution in [0.25, 0.3) is 22.7 Å². The summed E-state index contributed by atoms with van der Waals surface area (Å²) in [7, 11) is 0. The van der Waals surface area contributed by atoms with E-state index in [9.17, 15) is 0 Å². The van der Waals surface area contributed by atoms with Crippen LogP contribution in [0.2, 0.25) is 5.15 Å². The highest BCUT2D eigenvalue weighted by atomic mass is 35.5. The molecule has 3 aromatic rings. The second-order valence-electron chi connectivity index (χ2n) is 3.79. The van der Waals surface area contributed by atoms with E-state index in [-0.39, 0.29) is 0 Å². The summed E-state index contributed by atoms with van der Waals surface area (Å²) < 4.78 is 5.66. The zero-order valence-corrected chi connectivity index (χ0v) is 9.90. The van der Waals surface area contributed by atoms with Gasteiger partial charge in [-0.15, -0.1) is 0 Å². The fourth-order valence-electron chi connectivity index (χ4n) is 1.69. The van der Waals surface area contributed by atoms with Gasteiger partial charge in [0.05, 0.1) is 0 Å². The smallest absolute Gasteiger partial charge is 0.246 e. The molecule has 0 amide bonds. The van der Waals surface area contributed by atoms with E-state index in [1.54, 1.807) is 6.07 Å². The Morgan fingerprint density at radius 1 is 1.06 bits per heavy atom. The molecule has 3 rings (SSSR count). The summed E-state index contributed by atoms with van der Waals surface area (Å²) in [6, 6.07) is 11.3. The third-order valence-electron chi connectivity index (χ3n) is 2.56. The molecule has 3 nitrogen and oxygen atoms in total. The Labute approximate surface area is 103 Å². The molecule has 0 radical (unpaired) electrons. The van der Waals surface area contributed by atoms with E-state index in [0.29, 0.717) is 16.7 Å². The van der Waals surface area contributed by atoms with Gasteiger partial charge in [-0.05, 0) is 30.7 Å². The monoisotopic (exact) mass is 244 g/mol. The summed E-state index contributed by atoms with van der Waals surface area (Å²) in [5.74, 6) is 0.506. The van der Waals surface area contributed by atoms with Crippen molar-refractivity contribution in [2.45, 2.75) is 6.92 Å². The van der Waals surface area contributed by atoms with Crippen molar-refractivity contribution in [3.8, 4) is 11.6 Å². The maximum atomic E-state index is 5.88. The van der Waals surface area contributed by atoms with Crippen LogP contribution in [0.4, 0.5) is 0 Å². The second kappa shape index (κ2) is 3.86. The molecule has 0 saturated carbocycles. The number of fused-ring (bicyclic) bond motifs is 1. The van der Waals surface area contributed by atoms with E-state index >= 15 is 0 Å². The number of oxazole rings is 1. The molecule has 0 aliphatic heterocycles. The summed E-state index contributed by atoms with van der Waals surface area (Å²) >= 11 is 5.88. The van der Waals surface area contributed by atoms with Gasteiger partial charge < -0.3 is 4.42 Å². The van der Waals surface area contributed by atoms with Crippen LogP contribution in [-0.4, -0.2) is 9.97 Å². The molecule has 0 N–H and O–H groups in total. The molecule has 0 fully saturated rings. The number of hydrogen-bond donors (Lipinski definition) is 0. The number of aryl methyl sites for hydroxylation is 1. The Bertz CT molecular complexity index is 658. The average molecular weight is 245 g/mol. The number of nitrogens with zero attached hydrogens (tertiary/aromatic N) is 2.